The lowest BCUT2D eigenvalue weighted by molar-refractivity contribution is -0.132. The number of carbonyl (C=O) groups is 1. The lowest BCUT2D eigenvalue weighted by Gasteiger charge is -2.32. The number of nitrogens with zero attached hydrogens (tertiary/aromatic N) is 4. The number of likely N-dealkylation sites (N-methyl/N-ethyl adjacent to an activating group) is 1. The molecule has 1 aromatic carbocycles. The minimum atomic E-state index is 0.208. The molecule has 0 saturated carbocycles. The maximum Gasteiger partial charge on any atom is 0.227 e. The fourth-order valence-electron chi connectivity index (χ4n) is 3.56. The lowest BCUT2D eigenvalue weighted by atomic mass is 10.0. The number of hydrogen-bond acceptors (Lipinski definition) is 4. The summed E-state index contributed by atoms with van der Waals surface area (Å²) in [6, 6.07) is 12.2. The summed E-state index contributed by atoms with van der Waals surface area (Å²) in [6.07, 6.45) is 4.04. The van der Waals surface area contributed by atoms with Crippen molar-refractivity contribution >= 4 is 16.8 Å². The Labute approximate surface area is 159 Å². The molecule has 1 amide bonds. The van der Waals surface area contributed by atoms with Crippen LogP contribution < -0.4 is 0 Å². The van der Waals surface area contributed by atoms with Crippen LogP contribution in [0, 0.1) is 6.92 Å². The Morgan fingerprint density at radius 2 is 1.93 bits per heavy atom. The molecule has 0 spiro atoms. The number of carbonyl (C=O) groups excluding carboxylic acids is 1. The maximum absolute atomic E-state index is 12.6. The van der Waals surface area contributed by atoms with E-state index < -0.39 is 0 Å². The second-order valence-electron chi connectivity index (χ2n) is 7.28. The first-order chi connectivity index (χ1) is 13.1. The largest absolute Gasteiger partial charge is 0.340 e. The van der Waals surface area contributed by atoms with E-state index in [4.69, 9.17) is 4.98 Å². The first kappa shape index (κ1) is 17.6. The molecule has 5 nitrogen and oxygen atoms in total. The Morgan fingerprint density at radius 1 is 1.11 bits per heavy atom. The number of pyridine rings is 2. The molecular weight excluding hydrogens is 336 g/mol. The van der Waals surface area contributed by atoms with Crippen LogP contribution in [0.3, 0.4) is 0 Å². The molecular formula is C22H24N4O. The summed E-state index contributed by atoms with van der Waals surface area (Å²) in [6.45, 7) is 5.62. The molecule has 0 bridgehead atoms. The number of rotatable bonds is 3. The number of aryl methyl sites for hydroxylation is 1. The SMILES string of the molecule is Cc1cc(-c2cccnc2)nc2ccc(CC(=O)N3CCN(C)CC3)cc12. The van der Waals surface area contributed by atoms with Gasteiger partial charge in [0.1, 0.15) is 0 Å². The van der Waals surface area contributed by atoms with Gasteiger partial charge in [-0.3, -0.25) is 9.78 Å². The van der Waals surface area contributed by atoms with Crippen molar-refractivity contribution in [3.8, 4) is 11.3 Å². The van der Waals surface area contributed by atoms with Gasteiger partial charge in [-0.2, -0.15) is 0 Å². The zero-order chi connectivity index (χ0) is 18.8. The summed E-state index contributed by atoms with van der Waals surface area (Å²) in [5.74, 6) is 0.208. The number of benzene rings is 1. The van der Waals surface area contributed by atoms with Crippen LogP contribution in [-0.4, -0.2) is 58.9 Å². The highest BCUT2D eigenvalue weighted by atomic mass is 16.2. The van der Waals surface area contributed by atoms with Gasteiger partial charge in [-0.05, 0) is 55.4 Å². The van der Waals surface area contributed by atoms with Crippen LogP contribution in [-0.2, 0) is 11.2 Å². The van der Waals surface area contributed by atoms with Gasteiger partial charge in [-0.15, -0.1) is 0 Å². The summed E-state index contributed by atoms with van der Waals surface area (Å²) >= 11 is 0. The van der Waals surface area contributed by atoms with Gasteiger partial charge < -0.3 is 9.80 Å². The Hall–Kier alpha value is -2.79. The molecule has 2 aromatic heterocycles. The van der Waals surface area contributed by atoms with Crippen molar-refractivity contribution in [3.05, 3.63) is 59.9 Å². The third kappa shape index (κ3) is 3.83. The molecule has 138 valence electrons. The van der Waals surface area contributed by atoms with E-state index in [1.807, 2.05) is 35.4 Å². The molecule has 27 heavy (non-hydrogen) atoms. The fourth-order valence-corrected chi connectivity index (χ4v) is 3.56. The van der Waals surface area contributed by atoms with E-state index in [9.17, 15) is 4.79 Å². The molecule has 3 heterocycles. The van der Waals surface area contributed by atoms with Gasteiger partial charge in [0.15, 0.2) is 0 Å². The normalized spacial score (nSPS) is 15.3. The molecule has 0 unspecified atom stereocenters. The maximum atomic E-state index is 12.6. The summed E-state index contributed by atoms with van der Waals surface area (Å²) in [4.78, 5) is 25.8. The van der Waals surface area contributed by atoms with Crippen LogP contribution >= 0.6 is 0 Å². The van der Waals surface area contributed by atoms with Crippen molar-refractivity contribution in [1.29, 1.82) is 0 Å². The van der Waals surface area contributed by atoms with Gasteiger partial charge in [-0.1, -0.05) is 6.07 Å². The molecule has 0 N–H and O–H groups in total. The van der Waals surface area contributed by atoms with Gasteiger partial charge in [0, 0.05) is 49.5 Å². The Kier molecular flexibility index (Phi) is 4.86. The van der Waals surface area contributed by atoms with E-state index in [0.717, 1.165) is 59.5 Å². The number of hydrogen-bond donors (Lipinski definition) is 0. The van der Waals surface area contributed by atoms with E-state index in [-0.39, 0.29) is 5.91 Å². The minimum absolute atomic E-state index is 0.208. The standard InChI is InChI=1S/C22H24N4O/c1-16-12-21(18-4-3-7-23-15-18)24-20-6-5-17(13-19(16)20)14-22(27)26-10-8-25(2)9-11-26/h3-7,12-13,15H,8-11,14H2,1-2H3. The number of aromatic nitrogens is 2. The van der Waals surface area contributed by atoms with Crippen molar-refractivity contribution in [1.82, 2.24) is 19.8 Å². The predicted molar refractivity (Wildman–Crippen MR) is 107 cm³/mol. The lowest BCUT2D eigenvalue weighted by Crippen LogP contribution is -2.47. The zero-order valence-electron chi connectivity index (χ0n) is 15.9. The van der Waals surface area contributed by atoms with Crippen LogP contribution in [0.15, 0.2) is 48.8 Å². The van der Waals surface area contributed by atoms with Gasteiger partial charge in [0.25, 0.3) is 0 Å². The minimum Gasteiger partial charge on any atom is -0.340 e. The van der Waals surface area contributed by atoms with Gasteiger partial charge in [-0.25, -0.2) is 4.98 Å². The predicted octanol–water partition coefficient (Wildman–Crippen LogP) is 2.92. The fraction of sp³-hybridized carbons (Fsp3) is 0.318. The van der Waals surface area contributed by atoms with Crippen LogP contribution in [0.5, 0.6) is 0 Å². The molecule has 0 radical (unpaired) electrons. The van der Waals surface area contributed by atoms with Gasteiger partial charge in [0.2, 0.25) is 5.91 Å². The second-order valence-corrected chi connectivity index (χ2v) is 7.28. The Balaban J connectivity index is 1.57. The molecule has 1 fully saturated rings. The van der Waals surface area contributed by atoms with Crippen molar-refractivity contribution < 1.29 is 4.79 Å². The first-order valence-corrected chi connectivity index (χ1v) is 9.37. The average Bonchev–Trinajstić information content (AvgIpc) is 2.69. The van der Waals surface area contributed by atoms with E-state index in [1.165, 1.54) is 0 Å². The molecule has 1 aliphatic heterocycles. The summed E-state index contributed by atoms with van der Waals surface area (Å²) in [7, 11) is 2.10. The van der Waals surface area contributed by atoms with Crippen LogP contribution in [0.4, 0.5) is 0 Å². The van der Waals surface area contributed by atoms with E-state index in [2.05, 4.69) is 36.0 Å². The van der Waals surface area contributed by atoms with E-state index in [1.54, 1.807) is 6.20 Å². The molecule has 0 aliphatic carbocycles. The third-order valence-electron chi connectivity index (χ3n) is 5.25. The van der Waals surface area contributed by atoms with Crippen molar-refractivity contribution in [2.75, 3.05) is 33.2 Å². The van der Waals surface area contributed by atoms with Crippen molar-refractivity contribution in [3.63, 3.8) is 0 Å². The van der Waals surface area contributed by atoms with Crippen molar-refractivity contribution in [2.24, 2.45) is 0 Å². The van der Waals surface area contributed by atoms with E-state index in [0.29, 0.717) is 6.42 Å². The highest BCUT2D eigenvalue weighted by molar-refractivity contribution is 5.87. The first-order valence-electron chi connectivity index (χ1n) is 9.37. The molecule has 1 aliphatic rings. The van der Waals surface area contributed by atoms with Crippen LogP contribution in [0.2, 0.25) is 0 Å². The topological polar surface area (TPSA) is 49.3 Å². The summed E-state index contributed by atoms with van der Waals surface area (Å²) in [5, 5.41) is 1.10. The van der Waals surface area contributed by atoms with Gasteiger partial charge in [0.05, 0.1) is 17.6 Å². The van der Waals surface area contributed by atoms with E-state index >= 15 is 0 Å². The van der Waals surface area contributed by atoms with Crippen molar-refractivity contribution in [2.45, 2.75) is 13.3 Å². The molecule has 3 aromatic rings. The monoisotopic (exact) mass is 360 g/mol. The number of fused-ring (bicyclic) bond motifs is 1. The third-order valence-corrected chi connectivity index (χ3v) is 5.25. The number of piperazine rings is 1. The summed E-state index contributed by atoms with van der Waals surface area (Å²) in [5.41, 5.74) is 5.09. The molecule has 4 rings (SSSR count). The average molecular weight is 360 g/mol. The summed E-state index contributed by atoms with van der Waals surface area (Å²) < 4.78 is 0. The Bertz CT molecular complexity index is 963. The highest BCUT2D eigenvalue weighted by Crippen LogP contribution is 2.25. The zero-order valence-corrected chi connectivity index (χ0v) is 15.9. The van der Waals surface area contributed by atoms with Crippen LogP contribution in [0.25, 0.3) is 22.2 Å². The Morgan fingerprint density at radius 3 is 2.67 bits per heavy atom. The molecule has 0 atom stereocenters. The smallest absolute Gasteiger partial charge is 0.227 e. The molecule has 1 saturated heterocycles. The van der Waals surface area contributed by atoms with Gasteiger partial charge >= 0.3 is 0 Å². The number of amides is 1. The molecule has 5 heteroatoms. The highest BCUT2D eigenvalue weighted by Gasteiger charge is 2.19. The second kappa shape index (κ2) is 7.45. The van der Waals surface area contributed by atoms with Crippen LogP contribution in [0.1, 0.15) is 11.1 Å². The quantitative estimate of drug-likeness (QED) is 0.721.